The van der Waals surface area contributed by atoms with Gasteiger partial charge in [-0.3, -0.25) is 0 Å². The van der Waals surface area contributed by atoms with Crippen LogP contribution in [-0.4, -0.2) is 9.13 Å². The Balaban J connectivity index is 1.04. The lowest BCUT2D eigenvalue weighted by Crippen LogP contribution is -2.07. The van der Waals surface area contributed by atoms with Crippen LogP contribution in [0.1, 0.15) is 36.6 Å². The van der Waals surface area contributed by atoms with Gasteiger partial charge in [-0.25, -0.2) is 0 Å². The summed E-state index contributed by atoms with van der Waals surface area (Å²) in [4.78, 5) is 0. The first-order valence-electron chi connectivity index (χ1n) is 28.3. The Morgan fingerprint density at radius 2 is 0.825 bits per heavy atom. The van der Waals surface area contributed by atoms with Crippen LogP contribution >= 0.6 is 0 Å². The standard InChI is InChI=1S/C78H52N2/c1-5-15-49(16-6-1)69-43-44-70(50-17-7-2-8-18-50)79(69)59-35-41-65-67(47-59)77(63-39-33-57-29-27-53-23-13-25-55-31-37-61(63)75(57)73(53)55)66-42-36-60(80-71(51-19-9-3-10-20-51)45-46-72(80)52-21-11-4-12-22-52)48-68(66)78(65)64-40-34-58-30-28-54-24-14-26-56-32-38-62(64)76(58)74(54)56/h1-11,13-17,19-21,23-48,50H,12,18,22H2. The maximum absolute atomic E-state index is 2.55. The number of benzene rings is 13. The molecule has 0 radical (unpaired) electrons. The van der Waals surface area contributed by atoms with E-state index < -0.39 is 0 Å². The summed E-state index contributed by atoms with van der Waals surface area (Å²) in [6.45, 7) is 0. The average Bonchev–Trinajstić information content (AvgIpc) is 4.00. The summed E-state index contributed by atoms with van der Waals surface area (Å²) in [5.41, 5.74) is 15.9. The Morgan fingerprint density at radius 3 is 1.36 bits per heavy atom. The zero-order valence-corrected chi connectivity index (χ0v) is 44.1. The van der Waals surface area contributed by atoms with Crippen molar-refractivity contribution in [3.05, 3.63) is 284 Å². The van der Waals surface area contributed by atoms with Gasteiger partial charge in [0.15, 0.2) is 0 Å². The van der Waals surface area contributed by atoms with Crippen LogP contribution in [0.15, 0.2) is 273 Å². The van der Waals surface area contributed by atoms with Crippen molar-refractivity contribution >= 4 is 91.8 Å². The summed E-state index contributed by atoms with van der Waals surface area (Å²) in [5, 5.41) is 20.3. The molecular formula is C78H52N2. The largest absolute Gasteiger partial charge is 0.313 e. The predicted octanol–water partition coefficient (Wildman–Crippen LogP) is 21.4. The second-order valence-electron chi connectivity index (χ2n) is 22.1. The zero-order valence-electron chi connectivity index (χ0n) is 44.1. The molecule has 0 amide bonds. The van der Waals surface area contributed by atoms with E-state index >= 15 is 0 Å². The van der Waals surface area contributed by atoms with Gasteiger partial charge in [0.1, 0.15) is 0 Å². The van der Waals surface area contributed by atoms with Crippen LogP contribution in [-0.2, 0) is 0 Å². The molecule has 0 saturated carbocycles. The first kappa shape index (κ1) is 45.0. The van der Waals surface area contributed by atoms with E-state index in [-0.39, 0.29) is 5.92 Å². The molecule has 80 heavy (non-hydrogen) atoms. The molecule has 0 N–H and O–H groups in total. The smallest absolute Gasteiger partial charge is 0.0534 e. The van der Waals surface area contributed by atoms with Gasteiger partial charge in [-0.2, -0.15) is 0 Å². The van der Waals surface area contributed by atoms with Crippen LogP contribution in [0.5, 0.6) is 0 Å². The highest BCUT2D eigenvalue weighted by molar-refractivity contribution is 6.32. The molecule has 2 heterocycles. The van der Waals surface area contributed by atoms with Gasteiger partial charge in [0.25, 0.3) is 0 Å². The van der Waals surface area contributed by atoms with Crippen LogP contribution in [0.25, 0.3) is 148 Å². The minimum Gasteiger partial charge on any atom is -0.313 e. The molecule has 0 aliphatic heterocycles. The van der Waals surface area contributed by atoms with E-state index in [1.54, 1.807) is 0 Å². The minimum absolute atomic E-state index is 0.229. The van der Waals surface area contributed by atoms with Crippen molar-refractivity contribution in [1.82, 2.24) is 9.13 Å². The summed E-state index contributed by atoms with van der Waals surface area (Å²) in [6.07, 6.45) is 18.9. The van der Waals surface area contributed by atoms with Crippen molar-refractivity contribution in [2.45, 2.75) is 25.2 Å². The third-order valence-corrected chi connectivity index (χ3v) is 17.8. The molecule has 15 aromatic rings. The fourth-order valence-corrected chi connectivity index (χ4v) is 14.2. The third-order valence-electron chi connectivity index (χ3n) is 17.8. The number of allylic oxidation sites excluding steroid dienone is 8. The van der Waals surface area contributed by atoms with Gasteiger partial charge in [0.05, 0.1) is 11.4 Å². The lowest BCUT2D eigenvalue weighted by atomic mass is 9.81. The van der Waals surface area contributed by atoms with Crippen LogP contribution in [0.3, 0.4) is 0 Å². The van der Waals surface area contributed by atoms with Crippen LogP contribution < -0.4 is 0 Å². The molecule has 374 valence electrons. The number of rotatable bonds is 8. The topological polar surface area (TPSA) is 9.86 Å². The molecule has 2 aromatic heterocycles. The summed E-state index contributed by atoms with van der Waals surface area (Å²) in [5.74, 6) is 0.229. The highest BCUT2D eigenvalue weighted by atomic mass is 15.0. The van der Waals surface area contributed by atoms with Crippen molar-refractivity contribution in [1.29, 1.82) is 0 Å². The Labute approximate surface area is 464 Å². The number of fused-ring (bicyclic) bond motifs is 2. The van der Waals surface area contributed by atoms with Crippen molar-refractivity contribution < 1.29 is 0 Å². The van der Waals surface area contributed by atoms with Gasteiger partial charge < -0.3 is 9.13 Å². The number of nitrogens with zero attached hydrogens (tertiary/aromatic N) is 2. The monoisotopic (exact) mass is 1020 g/mol. The summed E-state index contributed by atoms with van der Waals surface area (Å²) < 4.78 is 5.08. The molecule has 2 aliphatic rings. The molecule has 2 heteroatoms. The van der Waals surface area contributed by atoms with Gasteiger partial charge in [0.2, 0.25) is 0 Å². The number of aromatic nitrogens is 2. The molecule has 0 fully saturated rings. The predicted molar refractivity (Wildman–Crippen MR) is 341 cm³/mol. The van der Waals surface area contributed by atoms with Gasteiger partial charge in [-0.05, 0) is 193 Å². The van der Waals surface area contributed by atoms with Gasteiger partial charge in [-0.1, -0.05) is 225 Å². The van der Waals surface area contributed by atoms with E-state index in [1.165, 1.54) is 148 Å². The first-order chi connectivity index (χ1) is 39.7. The van der Waals surface area contributed by atoms with E-state index in [0.29, 0.717) is 0 Å². The Morgan fingerprint density at radius 1 is 0.338 bits per heavy atom. The normalized spacial score (nSPS) is 14.7. The Bertz CT molecular complexity index is 5100. The highest BCUT2D eigenvalue weighted by Gasteiger charge is 2.26. The van der Waals surface area contributed by atoms with Gasteiger partial charge >= 0.3 is 0 Å². The molecule has 17 rings (SSSR count). The van der Waals surface area contributed by atoms with Crippen molar-refractivity contribution in [2.24, 2.45) is 0 Å². The Hall–Kier alpha value is -10.0. The van der Waals surface area contributed by atoms with E-state index in [1.807, 2.05) is 0 Å². The molecule has 2 nitrogen and oxygen atoms in total. The highest BCUT2D eigenvalue weighted by Crippen LogP contribution is 2.51. The van der Waals surface area contributed by atoms with Crippen molar-refractivity contribution in [3.8, 4) is 56.1 Å². The van der Waals surface area contributed by atoms with Crippen molar-refractivity contribution in [2.75, 3.05) is 0 Å². The molecule has 0 bridgehead atoms. The average molecular weight is 1020 g/mol. The van der Waals surface area contributed by atoms with E-state index in [4.69, 9.17) is 0 Å². The zero-order chi connectivity index (χ0) is 52.4. The number of hydrogen-bond donors (Lipinski definition) is 0. The third kappa shape index (κ3) is 6.79. The van der Waals surface area contributed by atoms with Crippen molar-refractivity contribution in [3.63, 3.8) is 0 Å². The van der Waals surface area contributed by atoms with Gasteiger partial charge in [-0.15, -0.1) is 0 Å². The quantitative estimate of drug-likeness (QED) is 0.106. The molecule has 13 aromatic carbocycles. The summed E-state index contributed by atoms with van der Waals surface area (Å²) in [6, 6.07) is 87.8. The van der Waals surface area contributed by atoms with Crippen LogP contribution in [0.4, 0.5) is 0 Å². The molecule has 1 atom stereocenters. The maximum Gasteiger partial charge on any atom is 0.0534 e. The first-order valence-corrected chi connectivity index (χ1v) is 28.3. The SMILES string of the molecule is C1=CCCC(c2ccc(-c3ccccc3)n2-c2ccc3c(-c4ccc5ccc6cccc7ccc4c5c67)c4cc(-n5c(-c6ccccc6)ccc5C5C=CC=CC5)ccc4c(-c4ccc5ccc6cccc7ccc4c5c67)c3c2)=C1. The second kappa shape index (κ2) is 17.8. The lowest BCUT2D eigenvalue weighted by molar-refractivity contribution is 0.786. The minimum atomic E-state index is 0.229. The molecule has 1 unspecified atom stereocenters. The fraction of sp³-hybridized carbons (Fsp3) is 0.0513. The molecule has 0 saturated heterocycles. The van der Waals surface area contributed by atoms with Gasteiger partial charge in [0, 0.05) is 28.7 Å². The molecule has 2 aliphatic carbocycles. The second-order valence-corrected chi connectivity index (χ2v) is 22.1. The Kier molecular flexibility index (Phi) is 10.00. The summed E-state index contributed by atoms with van der Waals surface area (Å²) >= 11 is 0. The molecular weight excluding hydrogens is 965 g/mol. The molecule has 0 spiro atoms. The number of hydrogen-bond acceptors (Lipinski definition) is 0. The van der Waals surface area contributed by atoms with Crippen LogP contribution in [0, 0.1) is 0 Å². The van der Waals surface area contributed by atoms with Crippen LogP contribution in [0.2, 0.25) is 0 Å². The van der Waals surface area contributed by atoms with E-state index in [2.05, 4.69) is 282 Å². The van der Waals surface area contributed by atoms with E-state index in [0.717, 1.165) is 30.6 Å². The maximum atomic E-state index is 2.55. The summed E-state index contributed by atoms with van der Waals surface area (Å²) in [7, 11) is 0. The van der Waals surface area contributed by atoms with E-state index in [9.17, 15) is 0 Å². The fourth-order valence-electron chi connectivity index (χ4n) is 14.2. The lowest BCUT2D eigenvalue weighted by Gasteiger charge is -2.24.